The number of fused-ring (bicyclic) bond motifs is 3. The van der Waals surface area contributed by atoms with Crippen molar-refractivity contribution in [2.75, 3.05) is 0 Å². The highest BCUT2D eigenvalue weighted by Gasteiger charge is 2.15. The molecule has 0 aliphatic rings. The van der Waals surface area contributed by atoms with Crippen LogP contribution in [0.5, 0.6) is 5.75 Å². The first-order valence-electron chi connectivity index (χ1n) is 6.75. The van der Waals surface area contributed by atoms with Crippen LogP contribution < -0.4 is 10.1 Å². The average molecular weight is 398 g/mol. The molecule has 2 aromatic heterocycles. The van der Waals surface area contributed by atoms with Crippen molar-refractivity contribution in [3.8, 4) is 5.75 Å². The number of para-hydroxylation sites is 2. The highest BCUT2D eigenvalue weighted by atomic mass is 35.5. The number of nitrogens with zero attached hydrogens (tertiary/aromatic N) is 2. The van der Waals surface area contributed by atoms with Gasteiger partial charge in [0.15, 0.2) is 10.7 Å². The predicted molar refractivity (Wildman–Crippen MR) is 98.8 cm³/mol. The summed E-state index contributed by atoms with van der Waals surface area (Å²) in [6.45, 7) is 0. The highest BCUT2D eigenvalue weighted by molar-refractivity contribution is 7.15. The third-order valence-corrected chi connectivity index (χ3v) is 5.55. The lowest BCUT2D eigenvalue weighted by Gasteiger charge is -2.05. The van der Waals surface area contributed by atoms with E-state index in [0.717, 1.165) is 11.0 Å². The van der Waals surface area contributed by atoms with Crippen molar-refractivity contribution in [2.45, 2.75) is 0 Å². The Morgan fingerprint density at radius 1 is 1.17 bits per heavy atom. The Labute approximate surface area is 154 Å². The molecule has 0 atom stereocenters. The van der Waals surface area contributed by atoms with Gasteiger partial charge in [-0.25, -0.2) is 9.38 Å². The third-order valence-electron chi connectivity index (χ3n) is 3.60. The maximum atomic E-state index is 12.7. The fraction of sp³-hybridized carbons (Fsp3) is 0. The predicted octanol–water partition coefficient (Wildman–Crippen LogP) is 4.12. The van der Waals surface area contributed by atoms with E-state index in [-0.39, 0.29) is 26.4 Å². The van der Waals surface area contributed by atoms with Crippen LogP contribution >= 0.6 is 46.1 Å². The van der Waals surface area contributed by atoms with Crippen molar-refractivity contribution < 1.29 is 5.11 Å². The zero-order valence-electron chi connectivity index (χ0n) is 11.8. The van der Waals surface area contributed by atoms with E-state index in [9.17, 15) is 9.90 Å². The molecular weight excluding hydrogens is 391 g/mol. The van der Waals surface area contributed by atoms with Crippen molar-refractivity contribution in [1.82, 2.24) is 9.38 Å². The minimum Gasteiger partial charge on any atom is -0.505 e. The zero-order chi connectivity index (χ0) is 17.0. The van der Waals surface area contributed by atoms with Gasteiger partial charge in [0.2, 0.25) is 0 Å². The Bertz CT molecular complexity index is 1230. The number of aromatic hydroxyl groups is 1. The normalized spacial score (nSPS) is 12.5. The molecule has 0 amide bonds. The number of thiazole rings is 1. The number of phenolic OH excluding ortho intramolecular Hbond substituents is 1. The summed E-state index contributed by atoms with van der Waals surface area (Å²) in [6.07, 6.45) is 1.54. The van der Waals surface area contributed by atoms with Gasteiger partial charge in [-0.15, -0.1) is 0 Å². The molecule has 0 saturated carbocycles. The van der Waals surface area contributed by atoms with Crippen molar-refractivity contribution >= 4 is 68.2 Å². The number of aromatic nitrogens is 2. The number of imidazole rings is 1. The van der Waals surface area contributed by atoms with Crippen molar-refractivity contribution in [2.24, 2.45) is 0 Å². The second-order valence-electron chi connectivity index (χ2n) is 5.05. The number of hydrogen-bond donors (Lipinski definition) is 1. The van der Waals surface area contributed by atoms with E-state index in [1.54, 1.807) is 4.40 Å². The lowest BCUT2D eigenvalue weighted by Crippen LogP contribution is -2.22. The molecule has 0 aliphatic carbocycles. The minimum atomic E-state index is -0.270. The summed E-state index contributed by atoms with van der Waals surface area (Å²) >= 11 is 19.3. The second-order valence-corrected chi connectivity index (χ2v) is 7.25. The average Bonchev–Trinajstić information content (AvgIpc) is 3.06. The number of halogens is 3. The molecule has 4 rings (SSSR count). The summed E-state index contributed by atoms with van der Waals surface area (Å²) < 4.78 is 1.96. The van der Waals surface area contributed by atoms with Crippen LogP contribution in [0, 0.1) is 0 Å². The first-order chi connectivity index (χ1) is 11.5. The van der Waals surface area contributed by atoms with E-state index in [4.69, 9.17) is 34.8 Å². The fourth-order valence-electron chi connectivity index (χ4n) is 2.47. The lowest BCUT2D eigenvalue weighted by atomic mass is 10.2. The molecule has 0 spiro atoms. The maximum Gasteiger partial charge on any atom is 0.274 e. The Morgan fingerprint density at radius 2 is 1.92 bits per heavy atom. The highest BCUT2D eigenvalue weighted by Crippen LogP contribution is 2.39. The molecule has 0 saturated heterocycles. The molecule has 0 aliphatic heterocycles. The molecule has 1 N–H and O–H groups in total. The van der Waals surface area contributed by atoms with Gasteiger partial charge in [-0.1, -0.05) is 58.3 Å². The quantitative estimate of drug-likeness (QED) is 0.525. The summed E-state index contributed by atoms with van der Waals surface area (Å²) in [5, 5.41) is 10.2. The minimum absolute atomic E-state index is 0.00259. The molecule has 24 heavy (non-hydrogen) atoms. The van der Waals surface area contributed by atoms with Gasteiger partial charge in [-0.2, -0.15) is 0 Å². The van der Waals surface area contributed by atoms with Gasteiger partial charge in [0, 0.05) is 5.56 Å². The molecule has 4 aromatic rings. The molecule has 0 bridgehead atoms. The van der Waals surface area contributed by atoms with Crippen LogP contribution in [-0.4, -0.2) is 14.5 Å². The topological polar surface area (TPSA) is 54.6 Å². The third kappa shape index (κ3) is 2.28. The van der Waals surface area contributed by atoms with E-state index in [1.807, 2.05) is 24.3 Å². The van der Waals surface area contributed by atoms with E-state index < -0.39 is 0 Å². The summed E-state index contributed by atoms with van der Waals surface area (Å²) in [6, 6.07) is 8.79. The number of phenols is 1. The van der Waals surface area contributed by atoms with Gasteiger partial charge in [0.25, 0.3) is 5.56 Å². The summed E-state index contributed by atoms with van der Waals surface area (Å²) in [5.74, 6) is -0.270. The fourth-order valence-corrected chi connectivity index (χ4v) is 4.31. The van der Waals surface area contributed by atoms with Gasteiger partial charge < -0.3 is 5.11 Å². The molecule has 0 fully saturated rings. The Balaban J connectivity index is 2.05. The summed E-state index contributed by atoms with van der Waals surface area (Å²) in [5.41, 5.74) is 1.62. The number of hydrogen-bond acceptors (Lipinski definition) is 4. The molecule has 2 heterocycles. The van der Waals surface area contributed by atoms with Gasteiger partial charge >= 0.3 is 0 Å². The Morgan fingerprint density at radius 3 is 2.71 bits per heavy atom. The lowest BCUT2D eigenvalue weighted by molar-refractivity contribution is 0.476. The molecule has 8 heteroatoms. The summed E-state index contributed by atoms with van der Waals surface area (Å²) in [4.78, 5) is 17.7. The standard InChI is InChI=1S/C16H7Cl3N2O2S/c17-8-6-9(18)14(22)13(19)7(8)5-12-15(23)21-11-4-2-1-3-10(11)20-16(21)24-12/h1-6,22H/b12-5+. The van der Waals surface area contributed by atoms with Crippen molar-refractivity contribution in [3.05, 3.63) is 65.8 Å². The SMILES string of the molecule is O=c1/c(=C\c2c(Cl)cc(Cl)c(O)c2Cl)sc2nc3ccccc3n12. The van der Waals surface area contributed by atoms with Crippen LogP contribution in [0.25, 0.3) is 22.1 Å². The largest absolute Gasteiger partial charge is 0.505 e. The first-order valence-corrected chi connectivity index (χ1v) is 8.70. The van der Waals surface area contributed by atoms with Crippen molar-refractivity contribution in [3.63, 3.8) is 0 Å². The van der Waals surface area contributed by atoms with Crippen LogP contribution in [0.3, 0.4) is 0 Å². The Kier molecular flexibility index (Phi) is 3.69. The second kappa shape index (κ2) is 5.63. The number of benzene rings is 2. The van der Waals surface area contributed by atoms with E-state index in [2.05, 4.69) is 4.98 Å². The number of rotatable bonds is 1. The van der Waals surface area contributed by atoms with Crippen LogP contribution in [-0.2, 0) is 0 Å². The van der Waals surface area contributed by atoms with E-state index in [0.29, 0.717) is 15.1 Å². The smallest absolute Gasteiger partial charge is 0.274 e. The van der Waals surface area contributed by atoms with E-state index in [1.165, 1.54) is 23.5 Å². The van der Waals surface area contributed by atoms with Crippen LogP contribution in [0.2, 0.25) is 15.1 Å². The van der Waals surface area contributed by atoms with E-state index >= 15 is 0 Å². The van der Waals surface area contributed by atoms with Gasteiger partial charge in [-0.05, 0) is 24.3 Å². The van der Waals surface area contributed by atoms with Crippen LogP contribution in [0.15, 0.2) is 35.1 Å². The van der Waals surface area contributed by atoms with Crippen LogP contribution in [0.1, 0.15) is 5.56 Å². The van der Waals surface area contributed by atoms with Crippen molar-refractivity contribution in [1.29, 1.82) is 0 Å². The molecule has 120 valence electrons. The molecule has 0 unspecified atom stereocenters. The van der Waals surface area contributed by atoms with Crippen LogP contribution in [0.4, 0.5) is 0 Å². The van der Waals surface area contributed by atoms with Gasteiger partial charge in [0.05, 0.1) is 30.6 Å². The monoisotopic (exact) mass is 396 g/mol. The van der Waals surface area contributed by atoms with Gasteiger partial charge in [-0.3, -0.25) is 4.79 Å². The molecule has 2 aromatic carbocycles. The molecule has 4 nitrogen and oxygen atoms in total. The molecule has 0 radical (unpaired) electrons. The zero-order valence-corrected chi connectivity index (χ0v) is 14.8. The Hall–Kier alpha value is -1.79. The molecular formula is C16H7Cl3N2O2S. The first kappa shape index (κ1) is 15.7. The maximum absolute atomic E-state index is 12.7. The summed E-state index contributed by atoms with van der Waals surface area (Å²) in [7, 11) is 0. The van der Waals surface area contributed by atoms with Gasteiger partial charge in [0.1, 0.15) is 0 Å².